The number of thiophene rings is 2. The Hall–Kier alpha value is -6.09. The lowest BCUT2D eigenvalue weighted by Crippen LogP contribution is -2.51. The van der Waals surface area contributed by atoms with Crippen molar-refractivity contribution in [2.75, 3.05) is 20.2 Å². The van der Waals surface area contributed by atoms with Gasteiger partial charge in [0.1, 0.15) is 29.8 Å². The lowest BCUT2D eigenvalue weighted by molar-refractivity contribution is -0.135. The SMILES string of the molecule is COC(=O)N[C@H](C(=O)N1CCCC1c1nc2ccc(-c3csc4c(-c5ccc(-c6cnc(C7C=CCN7C(=O)[C@H](N)c7ccccc7)[nH]6)cc5)csc34)cc2[nH]1)C(C)C. The van der Waals surface area contributed by atoms with Crippen LogP contribution in [0.3, 0.4) is 0 Å². The molecule has 3 amide bonds. The number of carbonyl (C=O) groups is 3. The van der Waals surface area contributed by atoms with Crippen LogP contribution in [0.2, 0.25) is 0 Å². The van der Waals surface area contributed by atoms with Gasteiger partial charge < -0.3 is 35.6 Å². The number of imidazole rings is 2. The molecule has 1 fully saturated rings. The summed E-state index contributed by atoms with van der Waals surface area (Å²) in [5, 5.41) is 7.17. The second kappa shape index (κ2) is 15.9. The molecule has 0 spiro atoms. The third-order valence-electron chi connectivity index (χ3n) is 11.4. The summed E-state index contributed by atoms with van der Waals surface area (Å²) in [4.78, 5) is 59.3. The Balaban J connectivity index is 0.908. The fourth-order valence-electron chi connectivity index (χ4n) is 8.20. The first-order valence-corrected chi connectivity index (χ1v) is 21.5. The normalized spacial score (nSPS) is 17.6. The average Bonchev–Trinajstić information content (AvgIpc) is 4.12. The number of nitrogens with zero attached hydrogens (tertiary/aromatic N) is 4. The molecular weight excluding hydrogens is 781 g/mol. The number of alkyl carbamates (subject to hydrolysis) is 1. The second-order valence-electron chi connectivity index (χ2n) is 15.4. The van der Waals surface area contributed by atoms with Gasteiger partial charge >= 0.3 is 6.09 Å². The highest BCUT2D eigenvalue weighted by Gasteiger charge is 2.38. The Morgan fingerprint density at radius 3 is 2.32 bits per heavy atom. The molecule has 0 saturated carbocycles. The fourth-order valence-corrected chi connectivity index (χ4v) is 10.7. The molecule has 59 heavy (non-hydrogen) atoms. The number of carbonyl (C=O) groups excluding carboxylic acids is 3. The van der Waals surface area contributed by atoms with E-state index in [-0.39, 0.29) is 29.8 Å². The maximum absolute atomic E-state index is 13.7. The van der Waals surface area contributed by atoms with Gasteiger partial charge in [-0.2, -0.15) is 0 Å². The lowest BCUT2D eigenvalue weighted by atomic mass is 10.0. The van der Waals surface area contributed by atoms with Gasteiger partial charge in [-0.1, -0.05) is 86.7 Å². The molecule has 3 aromatic carbocycles. The molecule has 2 aliphatic heterocycles. The number of likely N-dealkylation sites (tertiary alicyclic amines) is 1. The van der Waals surface area contributed by atoms with E-state index in [1.54, 1.807) is 27.6 Å². The van der Waals surface area contributed by atoms with Gasteiger partial charge in [0.25, 0.3) is 0 Å². The van der Waals surface area contributed by atoms with E-state index in [1.807, 2.05) is 73.5 Å². The molecule has 2 aliphatic rings. The number of methoxy groups -OCH3 is 1. The van der Waals surface area contributed by atoms with Gasteiger partial charge in [0, 0.05) is 35.0 Å². The minimum absolute atomic E-state index is 0.103. The van der Waals surface area contributed by atoms with Crippen molar-refractivity contribution in [1.82, 2.24) is 35.1 Å². The van der Waals surface area contributed by atoms with E-state index in [1.165, 1.54) is 27.6 Å². The number of nitrogens with one attached hydrogen (secondary N) is 3. The fraction of sp³-hybridized carbons (Fsp3) is 0.267. The van der Waals surface area contributed by atoms with Crippen molar-refractivity contribution in [1.29, 1.82) is 0 Å². The summed E-state index contributed by atoms with van der Waals surface area (Å²) in [5.74, 6) is 1.08. The maximum Gasteiger partial charge on any atom is 0.407 e. The smallest absolute Gasteiger partial charge is 0.407 e. The first-order chi connectivity index (χ1) is 28.7. The van der Waals surface area contributed by atoms with Crippen LogP contribution in [0, 0.1) is 5.92 Å². The molecule has 0 aliphatic carbocycles. The number of aromatic nitrogens is 4. The van der Waals surface area contributed by atoms with Gasteiger partial charge in [0.05, 0.1) is 45.5 Å². The molecule has 7 aromatic rings. The monoisotopic (exact) mass is 824 g/mol. The van der Waals surface area contributed by atoms with Crippen LogP contribution in [0.25, 0.3) is 53.9 Å². The quantitative estimate of drug-likeness (QED) is 0.100. The molecule has 0 radical (unpaired) electrons. The van der Waals surface area contributed by atoms with E-state index in [9.17, 15) is 14.4 Å². The zero-order chi connectivity index (χ0) is 40.8. The first-order valence-electron chi connectivity index (χ1n) is 19.8. The summed E-state index contributed by atoms with van der Waals surface area (Å²) in [5.41, 5.74) is 15.4. The van der Waals surface area contributed by atoms with E-state index in [2.05, 4.69) is 67.4 Å². The van der Waals surface area contributed by atoms with Gasteiger partial charge in [0.15, 0.2) is 0 Å². The number of ether oxygens (including phenoxy) is 1. The Kier molecular flexibility index (Phi) is 10.4. The molecule has 5 N–H and O–H groups in total. The molecule has 0 bridgehead atoms. The van der Waals surface area contributed by atoms with Crippen molar-refractivity contribution in [3.63, 3.8) is 0 Å². The molecule has 6 heterocycles. The predicted octanol–water partition coefficient (Wildman–Crippen LogP) is 8.75. The molecular formula is C45H44N8O4S2. The van der Waals surface area contributed by atoms with Crippen LogP contribution in [0.5, 0.6) is 0 Å². The highest BCUT2D eigenvalue weighted by Crippen LogP contribution is 2.45. The van der Waals surface area contributed by atoms with E-state index >= 15 is 0 Å². The van der Waals surface area contributed by atoms with E-state index in [4.69, 9.17) is 15.5 Å². The summed E-state index contributed by atoms with van der Waals surface area (Å²) in [6.45, 7) is 4.91. The number of rotatable bonds is 10. The number of aromatic amines is 2. The van der Waals surface area contributed by atoms with Gasteiger partial charge in [0.2, 0.25) is 11.8 Å². The largest absolute Gasteiger partial charge is 0.453 e. The molecule has 2 unspecified atom stereocenters. The van der Waals surface area contributed by atoms with Crippen LogP contribution >= 0.6 is 22.7 Å². The van der Waals surface area contributed by atoms with Gasteiger partial charge in [-0.25, -0.2) is 14.8 Å². The summed E-state index contributed by atoms with van der Waals surface area (Å²) in [6.07, 6.45) is 6.82. The highest BCUT2D eigenvalue weighted by molar-refractivity contribution is 7.27. The van der Waals surface area contributed by atoms with Crippen LogP contribution in [-0.4, -0.2) is 73.9 Å². The van der Waals surface area contributed by atoms with Crippen molar-refractivity contribution in [2.24, 2.45) is 11.7 Å². The van der Waals surface area contributed by atoms with E-state index in [0.29, 0.717) is 18.9 Å². The van der Waals surface area contributed by atoms with Crippen LogP contribution < -0.4 is 11.1 Å². The van der Waals surface area contributed by atoms with Crippen molar-refractivity contribution < 1.29 is 19.1 Å². The molecule has 14 heteroatoms. The zero-order valence-corrected chi connectivity index (χ0v) is 34.5. The molecule has 4 aromatic heterocycles. The second-order valence-corrected chi connectivity index (χ2v) is 17.1. The summed E-state index contributed by atoms with van der Waals surface area (Å²) < 4.78 is 7.25. The maximum atomic E-state index is 13.7. The van der Waals surface area contributed by atoms with Crippen molar-refractivity contribution in [3.05, 3.63) is 119 Å². The third-order valence-corrected chi connectivity index (χ3v) is 13.5. The standard InChI is InChI=1S/C45H44N8O4S2/c1-25(2)38(51-45(56)57-3)44(55)53-20-8-12-36(53)42-48-32-18-17-29(21-33(32)49-42)31-24-59-39-30(23-58-40(31)39)26-13-15-27(16-14-26)34-22-47-41(50-34)35-11-7-19-52(35)43(54)37(46)28-9-5-4-6-10-28/h4-7,9-11,13-18,21-25,35-38H,8,12,19-20,46H2,1-3H3,(H,47,50)(H,48,49)(H,51,56)/t35?,36?,37-,38+/m1/s1. The molecule has 12 nitrogen and oxygen atoms in total. The van der Waals surface area contributed by atoms with Gasteiger partial charge in [-0.05, 0) is 53.1 Å². The molecule has 9 rings (SSSR count). The number of hydrogen-bond acceptors (Lipinski definition) is 9. The zero-order valence-electron chi connectivity index (χ0n) is 32.8. The number of fused-ring (bicyclic) bond motifs is 2. The third kappa shape index (κ3) is 7.21. The Labute approximate surface area is 349 Å². The Morgan fingerprint density at radius 1 is 0.881 bits per heavy atom. The number of nitrogens with two attached hydrogens (primary N) is 1. The topological polar surface area (TPSA) is 162 Å². The van der Waals surface area contributed by atoms with Crippen molar-refractivity contribution in [3.8, 4) is 33.5 Å². The number of benzene rings is 3. The summed E-state index contributed by atoms with van der Waals surface area (Å²) >= 11 is 3.48. The van der Waals surface area contributed by atoms with Crippen LogP contribution in [-0.2, 0) is 14.3 Å². The predicted molar refractivity (Wildman–Crippen MR) is 233 cm³/mol. The first kappa shape index (κ1) is 38.4. The summed E-state index contributed by atoms with van der Waals surface area (Å²) in [6, 6.07) is 22.3. The van der Waals surface area contributed by atoms with Gasteiger partial charge in [-0.15, -0.1) is 22.7 Å². The Morgan fingerprint density at radius 2 is 1.59 bits per heavy atom. The minimum atomic E-state index is -0.742. The average molecular weight is 825 g/mol. The van der Waals surface area contributed by atoms with Gasteiger partial charge in [-0.3, -0.25) is 9.59 Å². The minimum Gasteiger partial charge on any atom is -0.453 e. The lowest BCUT2D eigenvalue weighted by Gasteiger charge is -2.29. The van der Waals surface area contributed by atoms with E-state index in [0.717, 1.165) is 57.6 Å². The van der Waals surface area contributed by atoms with E-state index < -0.39 is 18.2 Å². The molecule has 1 saturated heterocycles. The number of H-pyrrole nitrogens is 2. The Bertz CT molecular complexity index is 2700. The summed E-state index contributed by atoms with van der Waals surface area (Å²) in [7, 11) is 1.30. The molecule has 300 valence electrons. The molecule has 4 atom stereocenters. The van der Waals surface area contributed by atoms with Crippen LogP contribution in [0.4, 0.5) is 4.79 Å². The van der Waals surface area contributed by atoms with Crippen molar-refractivity contribution >= 4 is 61.0 Å². The van der Waals surface area contributed by atoms with Crippen LogP contribution in [0.1, 0.15) is 62.0 Å². The van der Waals surface area contributed by atoms with Crippen molar-refractivity contribution in [2.45, 2.75) is 50.9 Å². The van der Waals surface area contributed by atoms with Crippen LogP contribution in [0.15, 0.2) is 102 Å². The highest BCUT2D eigenvalue weighted by atomic mass is 32.1. The number of amides is 3. The number of hydrogen-bond donors (Lipinski definition) is 4.